The molecular weight excluding hydrogens is 250 g/mol. The number of aliphatic carboxylic acids is 1. The minimum Gasteiger partial charge on any atom is -0.478 e. The van der Waals surface area contributed by atoms with E-state index in [1.807, 2.05) is 12.1 Å². The Balaban J connectivity index is 2.01. The highest BCUT2D eigenvalue weighted by molar-refractivity contribution is 5.85. The van der Waals surface area contributed by atoms with Crippen LogP contribution in [0.25, 0.3) is 6.08 Å². The molecule has 0 aromatic heterocycles. The van der Waals surface area contributed by atoms with E-state index >= 15 is 0 Å². The molecular formula is C17H23NO2. The van der Waals surface area contributed by atoms with Gasteiger partial charge in [-0.25, -0.2) is 4.79 Å². The van der Waals surface area contributed by atoms with E-state index in [-0.39, 0.29) is 0 Å². The van der Waals surface area contributed by atoms with Crippen LogP contribution in [0.3, 0.4) is 0 Å². The third-order valence-corrected chi connectivity index (χ3v) is 4.19. The molecule has 2 unspecified atom stereocenters. The number of rotatable bonds is 5. The molecule has 0 aliphatic carbocycles. The summed E-state index contributed by atoms with van der Waals surface area (Å²) in [5.41, 5.74) is 2.22. The lowest BCUT2D eigenvalue weighted by Crippen LogP contribution is -2.33. The second kappa shape index (κ2) is 6.71. The number of benzene rings is 1. The standard InChI is InChI=1S/C17H23NO2/c1-3-16-10-4-13(2)18(16)12-15-7-5-14(6-8-15)9-11-17(19)20/h5-9,11,13,16H,3-4,10,12H2,1-2H3,(H,19,20)/b11-9+. The average Bonchev–Trinajstić information content (AvgIpc) is 2.79. The van der Waals surface area contributed by atoms with Gasteiger partial charge in [0.1, 0.15) is 0 Å². The van der Waals surface area contributed by atoms with E-state index in [2.05, 4.69) is 30.9 Å². The summed E-state index contributed by atoms with van der Waals surface area (Å²) in [7, 11) is 0. The summed E-state index contributed by atoms with van der Waals surface area (Å²) in [4.78, 5) is 13.1. The minimum atomic E-state index is -0.911. The van der Waals surface area contributed by atoms with Gasteiger partial charge in [0, 0.05) is 24.7 Å². The first kappa shape index (κ1) is 14.8. The van der Waals surface area contributed by atoms with E-state index < -0.39 is 5.97 Å². The molecule has 1 aromatic rings. The van der Waals surface area contributed by atoms with Gasteiger partial charge in [0.25, 0.3) is 0 Å². The zero-order valence-corrected chi connectivity index (χ0v) is 12.2. The van der Waals surface area contributed by atoms with Gasteiger partial charge in [0.2, 0.25) is 0 Å². The summed E-state index contributed by atoms with van der Waals surface area (Å²) < 4.78 is 0. The number of carboxylic acid groups (broad SMARTS) is 1. The van der Waals surface area contributed by atoms with Crippen LogP contribution in [0.2, 0.25) is 0 Å². The van der Waals surface area contributed by atoms with Crippen molar-refractivity contribution >= 4 is 12.0 Å². The van der Waals surface area contributed by atoms with E-state index in [4.69, 9.17) is 5.11 Å². The molecule has 0 bridgehead atoms. The maximum absolute atomic E-state index is 10.5. The van der Waals surface area contributed by atoms with Crippen LogP contribution in [0.15, 0.2) is 30.3 Å². The highest BCUT2D eigenvalue weighted by Crippen LogP contribution is 2.27. The fourth-order valence-corrected chi connectivity index (χ4v) is 2.96. The Kier molecular flexibility index (Phi) is 4.96. The van der Waals surface area contributed by atoms with E-state index in [9.17, 15) is 4.79 Å². The van der Waals surface area contributed by atoms with Gasteiger partial charge in [-0.15, -0.1) is 0 Å². The summed E-state index contributed by atoms with van der Waals surface area (Å²) in [5, 5.41) is 8.61. The molecule has 0 amide bonds. The molecule has 1 saturated heterocycles. The molecule has 1 N–H and O–H groups in total. The average molecular weight is 273 g/mol. The van der Waals surface area contributed by atoms with Gasteiger partial charge in [-0.1, -0.05) is 31.2 Å². The second-order valence-electron chi connectivity index (χ2n) is 5.57. The fraction of sp³-hybridized carbons (Fsp3) is 0.471. The number of likely N-dealkylation sites (tertiary alicyclic amines) is 1. The highest BCUT2D eigenvalue weighted by Gasteiger charge is 2.28. The van der Waals surface area contributed by atoms with Crippen LogP contribution in [-0.2, 0) is 11.3 Å². The molecule has 3 heteroatoms. The molecule has 1 aliphatic heterocycles. The zero-order chi connectivity index (χ0) is 14.5. The van der Waals surface area contributed by atoms with Gasteiger partial charge in [-0.2, -0.15) is 0 Å². The van der Waals surface area contributed by atoms with Crippen molar-refractivity contribution in [2.45, 2.75) is 51.7 Å². The SMILES string of the molecule is CCC1CCC(C)N1Cc1ccc(/C=C/C(=O)O)cc1. The predicted octanol–water partition coefficient (Wildman–Crippen LogP) is 3.55. The minimum absolute atomic E-state index is 0.659. The van der Waals surface area contributed by atoms with E-state index in [0.29, 0.717) is 12.1 Å². The molecule has 3 nitrogen and oxygen atoms in total. The number of nitrogens with zero attached hydrogens (tertiary/aromatic N) is 1. The lowest BCUT2D eigenvalue weighted by Gasteiger charge is -2.27. The summed E-state index contributed by atoms with van der Waals surface area (Å²) >= 11 is 0. The molecule has 1 aliphatic rings. The molecule has 2 atom stereocenters. The van der Waals surface area contributed by atoms with E-state index in [1.54, 1.807) is 6.08 Å². The molecule has 2 rings (SSSR count). The largest absolute Gasteiger partial charge is 0.478 e. The number of carbonyl (C=O) groups is 1. The van der Waals surface area contributed by atoms with Crippen LogP contribution in [0.4, 0.5) is 0 Å². The normalized spacial score (nSPS) is 23.5. The summed E-state index contributed by atoms with van der Waals surface area (Å²) in [5.74, 6) is -0.911. The topological polar surface area (TPSA) is 40.5 Å². The molecule has 0 radical (unpaired) electrons. The van der Waals surface area contributed by atoms with E-state index in [0.717, 1.165) is 12.1 Å². The first-order valence-electron chi connectivity index (χ1n) is 7.36. The van der Waals surface area contributed by atoms with Crippen molar-refractivity contribution in [3.8, 4) is 0 Å². The maximum Gasteiger partial charge on any atom is 0.328 e. The van der Waals surface area contributed by atoms with Crippen molar-refractivity contribution in [1.29, 1.82) is 0 Å². The molecule has 0 spiro atoms. The van der Waals surface area contributed by atoms with Crippen molar-refractivity contribution in [2.75, 3.05) is 0 Å². The maximum atomic E-state index is 10.5. The van der Waals surface area contributed by atoms with E-state index in [1.165, 1.54) is 30.9 Å². The quantitative estimate of drug-likeness (QED) is 0.834. The third kappa shape index (κ3) is 3.70. The van der Waals surface area contributed by atoms with Crippen LogP contribution in [0.5, 0.6) is 0 Å². The zero-order valence-electron chi connectivity index (χ0n) is 12.2. The van der Waals surface area contributed by atoms with Crippen molar-refractivity contribution in [3.63, 3.8) is 0 Å². The lowest BCUT2D eigenvalue weighted by molar-refractivity contribution is -0.131. The van der Waals surface area contributed by atoms with Crippen LogP contribution in [0, 0.1) is 0 Å². The predicted molar refractivity (Wildman–Crippen MR) is 81.4 cm³/mol. The van der Waals surface area contributed by atoms with Crippen molar-refractivity contribution in [1.82, 2.24) is 4.90 Å². The van der Waals surface area contributed by atoms with Gasteiger partial charge in [-0.3, -0.25) is 4.90 Å². The first-order valence-corrected chi connectivity index (χ1v) is 7.36. The molecule has 108 valence electrons. The monoisotopic (exact) mass is 273 g/mol. The van der Waals surface area contributed by atoms with Crippen LogP contribution in [-0.4, -0.2) is 28.1 Å². The summed E-state index contributed by atoms with van der Waals surface area (Å²) in [6, 6.07) is 9.52. The highest BCUT2D eigenvalue weighted by atomic mass is 16.4. The molecule has 20 heavy (non-hydrogen) atoms. The van der Waals surface area contributed by atoms with Gasteiger partial charge in [-0.05, 0) is 43.4 Å². The Morgan fingerprint density at radius 3 is 2.65 bits per heavy atom. The van der Waals surface area contributed by atoms with Gasteiger partial charge in [0.15, 0.2) is 0 Å². The smallest absolute Gasteiger partial charge is 0.328 e. The second-order valence-corrected chi connectivity index (χ2v) is 5.57. The number of carboxylic acids is 1. The lowest BCUT2D eigenvalue weighted by atomic mass is 10.1. The molecule has 0 saturated carbocycles. The molecule has 1 fully saturated rings. The van der Waals surface area contributed by atoms with Crippen molar-refractivity contribution in [2.24, 2.45) is 0 Å². The third-order valence-electron chi connectivity index (χ3n) is 4.19. The Bertz CT molecular complexity index is 478. The van der Waals surface area contributed by atoms with Gasteiger partial charge < -0.3 is 5.11 Å². The summed E-state index contributed by atoms with van der Waals surface area (Å²) in [6.07, 6.45) is 6.60. The fourth-order valence-electron chi connectivity index (χ4n) is 2.96. The molecule has 1 aromatic carbocycles. The number of hydrogen-bond donors (Lipinski definition) is 1. The van der Waals surface area contributed by atoms with Gasteiger partial charge >= 0.3 is 5.97 Å². The number of hydrogen-bond acceptors (Lipinski definition) is 2. The Morgan fingerprint density at radius 2 is 2.05 bits per heavy atom. The van der Waals surface area contributed by atoms with Crippen LogP contribution < -0.4 is 0 Å². The van der Waals surface area contributed by atoms with Crippen LogP contribution in [0.1, 0.15) is 44.2 Å². The van der Waals surface area contributed by atoms with Gasteiger partial charge in [0.05, 0.1) is 0 Å². The Labute approximate surface area is 120 Å². The van der Waals surface area contributed by atoms with Crippen molar-refractivity contribution < 1.29 is 9.90 Å². The summed E-state index contributed by atoms with van der Waals surface area (Å²) in [6.45, 7) is 5.55. The van der Waals surface area contributed by atoms with Crippen molar-refractivity contribution in [3.05, 3.63) is 41.5 Å². The van der Waals surface area contributed by atoms with Crippen LogP contribution >= 0.6 is 0 Å². The Hall–Kier alpha value is -1.61. The molecule has 1 heterocycles. The first-order chi connectivity index (χ1) is 9.60. The Morgan fingerprint density at radius 1 is 1.35 bits per heavy atom.